The molecule has 2 aliphatic rings. The Hall–Kier alpha value is -1.89. The number of carbonyl (C=O) groups is 2. The second-order valence-electron chi connectivity index (χ2n) is 6.46. The second kappa shape index (κ2) is 7.15. The van der Waals surface area contributed by atoms with E-state index in [-0.39, 0.29) is 18.2 Å². The minimum atomic E-state index is -3.06. The first-order chi connectivity index (χ1) is 11.8. The van der Waals surface area contributed by atoms with E-state index in [0.29, 0.717) is 18.0 Å². The summed E-state index contributed by atoms with van der Waals surface area (Å²) in [5.74, 6) is -2.95. The van der Waals surface area contributed by atoms with Gasteiger partial charge in [0.05, 0.1) is 12.6 Å². The number of carbonyl (C=O) groups excluding carboxylic acids is 2. The van der Waals surface area contributed by atoms with Gasteiger partial charge in [-0.25, -0.2) is 13.6 Å². The maximum atomic E-state index is 14.1. The lowest BCUT2D eigenvalue weighted by atomic mass is 9.98. The highest BCUT2D eigenvalue weighted by molar-refractivity contribution is 6.30. The molecule has 5 nitrogen and oxygen atoms in total. The highest BCUT2D eigenvalue weighted by Gasteiger charge is 2.45. The van der Waals surface area contributed by atoms with E-state index >= 15 is 0 Å². The van der Waals surface area contributed by atoms with E-state index in [4.69, 9.17) is 16.3 Å². The van der Waals surface area contributed by atoms with E-state index in [0.717, 1.165) is 17.7 Å². The van der Waals surface area contributed by atoms with Gasteiger partial charge in [-0.15, -0.1) is 0 Å². The number of likely N-dealkylation sites (tertiary alicyclic amines) is 2. The van der Waals surface area contributed by atoms with Crippen molar-refractivity contribution >= 4 is 23.6 Å². The van der Waals surface area contributed by atoms with Crippen LogP contribution in [0.2, 0.25) is 5.02 Å². The summed E-state index contributed by atoms with van der Waals surface area (Å²) in [5.41, 5.74) is 0. The van der Waals surface area contributed by atoms with Gasteiger partial charge in [0.1, 0.15) is 5.75 Å². The number of hydrogen-bond donors (Lipinski definition) is 0. The Morgan fingerprint density at radius 1 is 1.24 bits per heavy atom. The van der Waals surface area contributed by atoms with Gasteiger partial charge >= 0.3 is 6.09 Å². The minimum Gasteiger partial charge on any atom is -0.410 e. The number of alkyl halides is 2. The molecule has 8 heteroatoms. The van der Waals surface area contributed by atoms with Gasteiger partial charge in [0.15, 0.2) is 0 Å². The molecule has 0 spiro atoms. The van der Waals surface area contributed by atoms with E-state index < -0.39 is 31.0 Å². The molecule has 1 aromatic rings. The quantitative estimate of drug-likeness (QED) is 0.797. The Morgan fingerprint density at radius 2 is 1.96 bits per heavy atom. The zero-order valence-corrected chi connectivity index (χ0v) is 14.3. The van der Waals surface area contributed by atoms with Gasteiger partial charge in [0.2, 0.25) is 5.91 Å². The largest absolute Gasteiger partial charge is 0.415 e. The summed E-state index contributed by atoms with van der Waals surface area (Å²) in [6.45, 7) is -0.203. The molecular formula is C17H19ClF2N2O3. The van der Waals surface area contributed by atoms with Crippen LogP contribution < -0.4 is 4.74 Å². The molecule has 1 atom stereocenters. The van der Waals surface area contributed by atoms with Crippen LogP contribution in [0.4, 0.5) is 13.6 Å². The van der Waals surface area contributed by atoms with Crippen molar-refractivity contribution in [3.05, 3.63) is 29.3 Å². The molecule has 3 rings (SSSR count). The first kappa shape index (κ1) is 17.9. The fourth-order valence-electron chi connectivity index (χ4n) is 3.30. The molecule has 2 saturated heterocycles. The van der Waals surface area contributed by atoms with Crippen LogP contribution in [0.5, 0.6) is 5.75 Å². The van der Waals surface area contributed by atoms with Crippen molar-refractivity contribution in [1.82, 2.24) is 9.80 Å². The van der Waals surface area contributed by atoms with Crippen LogP contribution in [0.15, 0.2) is 24.3 Å². The smallest absolute Gasteiger partial charge is 0.410 e. The van der Waals surface area contributed by atoms with Gasteiger partial charge in [-0.1, -0.05) is 11.6 Å². The summed E-state index contributed by atoms with van der Waals surface area (Å²) in [7, 11) is 0. The highest BCUT2D eigenvalue weighted by atomic mass is 35.5. The number of hydrogen-bond acceptors (Lipinski definition) is 3. The number of rotatable bonds is 2. The van der Waals surface area contributed by atoms with E-state index in [1.165, 1.54) is 17.0 Å². The average molecular weight is 373 g/mol. The van der Waals surface area contributed by atoms with E-state index in [9.17, 15) is 18.4 Å². The molecule has 0 bridgehead atoms. The standard InChI is InChI=1S/C17H19ClF2N2O3/c18-12-4-6-14(7-5-12)25-16(24)21-10-13(9-17(19,20)11-21)22-8-2-1-3-15(22)23/h4-7,13H,1-3,8-11H2. The Bertz CT molecular complexity index is 654. The topological polar surface area (TPSA) is 49.9 Å². The number of amides is 2. The fraction of sp³-hybridized carbons (Fsp3) is 0.529. The van der Waals surface area contributed by atoms with Crippen LogP contribution >= 0.6 is 11.6 Å². The Labute approximate surface area is 149 Å². The summed E-state index contributed by atoms with van der Waals surface area (Å²) in [6, 6.07) is 5.39. The number of piperidine rings is 2. The van der Waals surface area contributed by atoms with Crippen LogP contribution in [0.1, 0.15) is 25.7 Å². The normalized spacial score (nSPS) is 23.5. The molecule has 136 valence electrons. The van der Waals surface area contributed by atoms with Crippen LogP contribution in [-0.2, 0) is 4.79 Å². The molecule has 25 heavy (non-hydrogen) atoms. The zero-order valence-electron chi connectivity index (χ0n) is 13.6. The van der Waals surface area contributed by atoms with Crippen molar-refractivity contribution < 1.29 is 23.1 Å². The molecule has 2 amide bonds. The third kappa shape index (κ3) is 4.39. The molecule has 0 N–H and O–H groups in total. The molecule has 0 saturated carbocycles. The van der Waals surface area contributed by atoms with Gasteiger partial charge in [-0.05, 0) is 37.1 Å². The van der Waals surface area contributed by atoms with Crippen LogP contribution in [0.25, 0.3) is 0 Å². The SMILES string of the molecule is O=C(Oc1ccc(Cl)cc1)N1CC(N2CCCCC2=O)CC(F)(F)C1. The van der Waals surface area contributed by atoms with Crippen LogP contribution in [0, 0.1) is 0 Å². The van der Waals surface area contributed by atoms with Crippen molar-refractivity contribution in [3.63, 3.8) is 0 Å². The Kier molecular flexibility index (Phi) is 5.13. The summed E-state index contributed by atoms with van der Waals surface area (Å²) < 4.78 is 33.4. The summed E-state index contributed by atoms with van der Waals surface area (Å²) in [4.78, 5) is 26.8. The number of nitrogens with zero attached hydrogens (tertiary/aromatic N) is 2. The monoisotopic (exact) mass is 372 g/mol. The number of benzene rings is 1. The van der Waals surface area contributed by atoms with Gasteiger partial charge in [-0.2, -0.15) is 0 Å². The van der Waals surface area contributed by atoms with Crippen molar-refractivity contribution in [3.8, 4) is 5.75 Å². The van der Waals surface area contributed by atoms with Crippen LogP contribution in [-0.4, -0.2) is 53.4 Å². The predicted octanol–water partition coefficient (Wildman–Crippen LogP) is 3.56. The van der Waals surface area contributed by atoms with Gasteiger partial charge in [-0.3, -0.25) is 9.69 Å². The minimum absolute atomic E-state index is 0.0494. The summed E-state index contributed by atoms with van der Waals surface area (Å²) in [5, 5.41) is 0.480. The Balaban J connectivity index is 1.70. The fourth-order valence-corrected chi connectivity index (χ4v) is 3.43. The third-order valence-electron chi connectivity index (χ3n) is 4.47. The van der Waals surface area contributed by atoms with Crippen LogP contribution in [0.3, 0.4) is 0 Å². The molecule has 1 unspecified atom stereocenters. The lowest BCUT2D eigenvalue weighted by Crippen LogP contribution is -2.59. The van der Waals surface area contributed by atoms with Crippen molar-refractivity contribution in [1.29, 1.82) is 0 Å². The van der Waals surface area contributed by atoms with E-state index in [1.807, 2.05) is 0 Å². The number of ether oxygens (including phenoxy) is 1. The second-order valence-corrected chi connectivity index (χ2v) is 6.90. The molecular weight excluding hydrogens is 354 g/mol. The molecule has 2 heterocycles. The molecule has 2 fully saturated rings. The number of halogens is 3. The summed E-state index contributed by atoms with van der Waals surface area (Å²) in [6.07, 6.45) is 0.668. The molecule has 0 aliphatic carbocycles. The molecule has 1 aromatic carbocycles. The Morgan fingerprint density at radius 3 is 2.64 bits per heavy atom. The molecule has 0 radical (unpaired) electrons. The first-order valence-electron chi connectivity index (χ1n) is 8.24. The maximum Gasteiger partial charge on any atom is 0.415 e. The van der Waals surface area contributed by atoms with Gasteiger partial charge < -0.3 is 9.64 Å². The van der Waals surface area contributed by atoms with Gasteiger partial charge in [0.25, 0.3) is 5.92 Å². The lowest BCUT2D eigenvalue weighted by Gasteiger charge is -2.43. The van der Waals surface area contributed by atoms with E-state index in [1.54, 1.807) is 12.1 Å². The zero-order chi connectivity index (χ0) is 18.0. The maximum absolute atomic E-state index is 14.1. The highest BCUT2D eigenvalue weighted by Crippen LogP contribution is 2.31. The molecule has 0 aromatic heterocycles. The van der Waals surface area contributed by atoms with Crippen molar-refractivity contribution in [2.24, 2.45) is 0 Å². The van der Waals surface area contributed by atoms with E-state index in [2.05, 4.69) is 0 Å². The summed E-state index contributed by atoms with van der Waals surface area (Å²) >= 11 is 5.77. The third-order valence-corrected chi connectivity index (χ3v) is 4.72. The van der Waals surface area contributed by atoms with Crippen molar-refractivity contribution in [2.75, 3.05) is 19.6 Å². The van der Waals surface area contributed by atoms with Gasteiger partial charge in [0, 0.05) is 31.0 Å². The average Bonchev–Trinajstić information content (AvgIpc) is 2.56. The van der Waals surface area contributed by atoms with Crippen molar-refractivity contribution in [2.45, 2.75) is 37.6 Å². The molecule has 2 aliphatic heterocycles. The first-order valence-corrected chi connectivity index (χ1v) is 8.61. The predicted molar refractivity (Wildman–Crippen MR) is 88.0 cm³/mol. The lowest BCUT2D eigenvalue weighted by molar-refractivity contribution is -0.142.